The Morgan fingerprint density at radius 3 is 2.38 bits per heavy atom. The molecule has 0 fully saturated rings. The molecular weight excluding hydrogens is 526 g/mol. The second-order valence-electron chi connectivity index (χ2n) is 8.85. The molecule has 6 heteroatoms. The fourth-order valence-electron chi connectivity index (χ4n) is 4.17. The van der Waals surface area contributed by atoms with Crippen molar-refractivity contribution < 1.29 is 9.53 Å². The van der Waals surface area contributed by atoms with E-state index in [0.29, 0.717) is 6.61 Å². The van der Waals surface area contributed by atoms with Crippen LogP contribution in [0.15, 0.2) is 95.0 Å². The molecule has 5 nitrogen and oxygen atoms in total. The number of hydrogen-bond acceptors (Lipinski definition) is 3. The molecule has 37 heavy (non-hydrogen) atoms. The number of halogens is 1. The molecule has 1 amide bonds. The van der Waals surface area contributed by atoms with Crippen LogP contribution >= 0.6 is 15.9 Å². The minimum absolute atomic E-state index is 0.0692. The van der Waals surface area contributed by atoms with E-state index in [9.17, 15) is 10.1 Å². The largest absolute Gasteiger partial charge is 0.489 e. The van der Waals surface area contributed by atoms with E-state index < -0.39 is 5.91 Å². The van der Waals surface area contributed by atoms with Gasteiger partial charge in [-0.1, -0.05) is 58.4 Å². The molecule has 0 aliphatic carbocycles. The SMILES string of the molecule is Cc1cc(/C=C(/C#N)C(=O)N[C@H](C)c2ccccc2)c(C)n1-c1ccc(OCc2ccc(Br)cc2)cc1. The zero-order valence-electron chi connectivity index (χ0n) is 21.0. The predicted molar refractivity (Wildman–Crippen MR) is 150 cm³/mol. The van der Waals surface area contributed by atoms with Gasteiger partial charge in [-0.3, -0.25) is 4.79 Å². The topological polar surface area (TPSA) is 67.0 Å². The summed E-state index contributed by atoms with van der Waals surface area (Å²) in [6.07, 6.45) is 1.65. The first kappa shape index (κ1) is 26.0. The number of nitrogens with zero attached hydrogens (tertiary/aromatic N) is 2. The Bertz CT molecular complexity index is 1450. The zero-order valence-corrected chi connectivity index (χ0v) is 22.6. The normalized spacial score (nSPS) is 12.0. The molecule has 0 aliphatic rings. The molecule has 0 saturated heterocycles. The van der Waals surface area contributed by atoms with E-state index in [1.54, 1.807) is 6.08 Å². The third kappa shape index (κ3) is 6.38. The number of rotatable bonds is 8. The Morgan fingerprint density at radius 1 is 1.05 bits per heavy atom. The third-order valence-corrected chi connectivity index (χ3v) is 6.72. The first-order valence-corrected chi connectivity index (χ1v) is 12.8. The van der Waals surface area contributed by atoms with Gasteiger partial charge in [0.05, 0.1) is 6.04 Å². The first-order chi connectivity index (χ1) is 17.9. The lowest BCUT2D eigenvalue weighted by atomic mass is 10.1. The molecule has 1 aromatic heterocycles. The summed E-state index contributed by atoms with van der Waals surface area (Å²) in [4.78, 5) is 12.8. The Labute approximate surface area is 226 Å². The summed E-state index contributed by atoms with van der Waals surface area (Å²) in [5, 5.41) is 12.6. The van der Waals surface area contributed by atoms with Gasteiger partial charge < -0.3 is 14.6 Å². The first-order valence-electron chi connectivity index (χ1n) is 12.0. The van der Waals surface area contributed by atoms with Crippen LogP contribution in [-0.4, -0.2) is 10.5 Å². The number of ether oxygens (including phenoxy) is 1. The summed E-state index contributed by atoms with van der Waals surface area (Å²) in [5.41, 5.74) is 5.89. The van der Waals surface area contributed by atoms with Crippen LogP contribution < -0.4 is 10.1 Å². The molecule has 0 radical (unpaired) electrons. The number of nitrogens with one attached hydrogen (secondary N) is 1. The fourth-order valence-corrected chi connectivity index (χ4v) is 4.44. The standard InChI is InChI=1S/C31H28BrN3O2/c1-21-17-26(18-27(19-33)31(36)34-22(2)25-7-5-4-6-8-25)23(3)35(21)29-13-15-30(16-14-29)37-20-24-9-11-28(32)12-10-24/h4-18,22H,20H2,1-3H3,(H,34,36)/b27-18-/t22-/m1/s1. The van der Waals surface area contributed by atoms with E-state index in [1.807, 2.05) is 106 Å². The van der Waals surface area contributed by atoms with Gasteiger partial charge in [0.25, 0.3) is 5.91 Å². The van der Waals surface area contributed by atoms with Crippen molar-refractivity contribution in [2.24, 2.45) is 0 Å². The molecular formula is C31H28BrN3O2. The van der Waals surface area contributed by atoms with Crippen LogP contribution in [0.3, 0.4) is 0 Å². The average Bonchev–Trinajstić information content (AvgIpc) is 3.19. The van der Waals surface area contributed by atoms with Crippen LogP contribution in [0.5, 0.6) is 5.75 Å². The van der Waals surface area contributed by atoms with Crippen LogP contribution in [0.4, 0.5) is 0 Å². The Balaban J connectivity index is 1.49. The van der Waals surface area contributed by atoms with Gasteiger partial charge in [0.15, 0.2) is 0 Å². The van der Waals surface area contributed by atoms with E-state index in [2.05, 4.69) is 31.9 Å². The lowest BCUT2D eigenvalue weighted by Crippen LogP contribution is -2.27. The monoisotopic (exact) mass is 553 g/mol. The number of benzene rings is 3. The van der Waals surface area contributed by atoms with Gasteiger partial charge >= 0.3 is 0 Å². The Hall–Kier alpha value is -4.08. The second-order valence-corrected chi connectivity index (χ2v) is 9.76. The minimum Gasteiger partial charge on any atom is -0.489 e. The molecule has 0 spiro atoms. The molecule has 0 unspecified atom stereocenters. The second kappa shape index (κ2) is 11.8. The summed E-state index contributed by atoms with van der Waals surface area (Å²) in [5.74, 6) is 0.390. The van der Waals surface area contributed by atoms with Gasteiger partial charge in [0.1, 0.15) is 24.0 Å². The molecule has 0 saturated carbocycles. The van der Waals surface area contributed by atoms with Gasteiger partial charge in [0, 0.05) is 21.5 Å². The quantitative estimate of drug-likeness (QED) is 0.185. The molecule has 1 heterocycles. The third-order valence-electron chi connectivity index (χ3n) is 6.20. The van der Waals surface area contributed by atoms with Crippen LogP contribution in [0.25, 0.3) is 11.8 Å². The molecule has 4 rings (SSSR count). The van der Waals surface area contributed by atoms with Gasteiger partial charge in [-0.25, -0.2) is 0 Å². The summed E-state index contributed by atoms with van der Waals surface area (Å²) in [6.45, 7) is 6.38. The molecule has 0 bridgehead atoms. The van der Waals surface area contributed by atoms with Crippen molar-refractivity contribution in [3.05, 3.63) is 123 Å². The lowest BCUT2D eigenvalue weighted by Gasteiger charge is -2.14. The predicted octanol–water partition coefficient (Wildman–Crippen LogP) is 7.22. The number of amides is 1. The number of aromatic nitrogens is 1. The van der Waals surface area contributed by atoms with Gasteiger partial charge in [0.2, 0.25) is 0 Å². The van der Waals surface area contributed by atoms with E-state index >= 15 is 0 Å². The highest BCUT2D eigenvalue weighted by Crippen LogP contribution is 2.25. The highest BCUT2D eigenvalue weighted by atomic mass is 79.9. The maximum absolute atomic E-state index is 12.8. The summed E-state index contributed by atoms with van der Waals surface area (Å²) in [6, 6.07) is 29.5. The van der Waals surface area contributed by atoms with Gasteiger partial charge in [-0.2, -0.15) is 5.26 Å². The van der Waals surface area contributed by atoms with Gasteiger partial charge in [-0.05, 0) is 86.0 Å². The number of carbonyl (C=O) groups is 1. The number of nitriles is 1. The average molecular weight is 554 g/mol. The summed E-state index contributed by atoms with van der Waals surface area (Å²) >= 11 is 3.44. The highest BCUT2D eigenvalue weighted by molar-refractivity contribution is 9.10. The van der Waals surface area contributed by atoms with Crippen molar-refractivity contribution in [1.29, 1.82) is 5.26 Å². The number of hydrogen-bond donors (Lipinski definition) is 1. The van der Waals surface area contributed by atoms with Crippen LogP contribution in [0.2, 0.25) is 0 Å². The minimum atomic E-state index is -0.393. The Morgan fingerprint density at radius 2 is 1.73 bits per heavy atom. The summed E-state index contributed by atoms with van der Waals surface area (Å²) in [7, 11) is 0. The van der Waals surface area contributed by atoms with Crippen molar-refractivity contribution >= 4 is 27.9 Å². The zero-order chi connectivity index (χ0) is 26.4. The molecule has 3 aromatic carbocycles. The number of aryl methyl sites for hydroxylation is 1. The van der Waals surface area contributed by atoms with E-state index in [0.717, 1.165) is 44.0 Å². The smallest absolute Gasteiger partial charge is 0.262 e. The molecule has 1 atom stereocenters. The highest BCUT2D eigenvalue weighted by Gasteiger charge is 2.16. The Kier molecular flexibility index (Phi) is 8.27. The van der Waals surface area contributed by atoms with Crippen molar-refractivity contribution in [2.75, 3.05) is 0 Å². The molecule has 0 aliphatic heterocycles. The van der Waals surface area contributed by atoms with Crippen molar-refractivity contribution in [3.8, 4) is 17.5 Å². The van der Waals surface area contributed by atoms with Crippen molar-refractivity contribution in [2.45, 2.75) is 33.4 Å². The molecule has 1 N–H and O–H groups in total. The van der Waals surface area contributed by atoms with Crippen LogP contribution in [0.1, 0.15) is 41.0 Å². The van der Waals surface area contributed by atoms with Crippen LogP contribution in [0, 0.1) is 25.2 Å². The van der Waals surface area contributed by atoms with Crippen molar-refractivity contribution in [1.82, 2.24) is 9.88 Å². The van der Waals surface area contributed by atoms with E-state index in [1.165, 1.54) is 0 Å². The van der Waals surface area contributed by atoms with E-state index in [4.69, 9.17) is 4.74 Å². The molecule has 4 aromatic rings. The summed E-state index contributed by atoms with van der Waals surface area (Å²) < 4.78 is 9.07. The maximum Gasteiger partial charge on any atom is 0.262 e. The van der Waals surface area contributed by atoms with Gasteiger partial charge in [-0.15, -0.1) is 0 Å². The number of carbonyl (C=O) groups excluding carboxylic acids is 1. The molecule has 186 valence electrons. The van der Waals surface area contributed by atoms with Crippen LogP contribution in [-0.2, 0) is 11.4 Å². The fraction of sp³-hybridized carbons (Fsp3) is 0.161. The van der Waals surface area contributed by atoms with Crippen molar-refractivity contribution in [3.63, 3.8) is 0 Å². The van der Waals surface area contributed by atoms with E-state index in [-0.39, 0.29) is 11.6 Å². The maximum atomic E-state index is 12.8. The lowest BCUT2D eigenvalue weighted by molar-refractivity contribution is -0.117.